The SMILES string of the molecule is CCNC(=NCc1cccc(OCC(F)F)c1)NCCN1CCCCC1. The summed E-state index contributed by atoms with van der Waals surface area (Å²) in [6.45, 7) is 6.92. The zero-order valence-corrected chi connectivity index (χ0v) is 15.5. The van der Waals surface area contributed by atoms with Gasteiger partial charge in [0.1, 0.15) is 12.4 Å². The highest BCUT2D eigenvalue weighted by Gasteiger charge is 2.09. The van der Waals surface area contributed by atoms with Crippen LogP contribution in [0.1, 0.15) is 31.7 Å². The lowest BCUT2D eigenvalue weighted by Crippen LogP contribution is -2.42. The molecule has 2 rings (SSSR count). The average molecular weight is 368 g/mol. The number of nitrogens with one attached hydrogen (secondary N) is 2. The Labute approximate surface area is 154 Å². The number of nitrogens with zero attached hydrogens (tertiary/aromatic N) is 2. The van der Waals surface area contributed by atoms with E-state index in [2.05, 4.69) is 20.5 Å². The van der Waals surface area contributed by atoms with Crippen molar-refractivity contribution in [1.29, 1.82) is 0 Å². The first-order chi connectivity index (χ1) is 12.7. The maximum absolute atomic E-state index is 12.2. The standard InChI is InChI=1S/C19H30F2N4O/c1-2-22-19(23-9-12-25-10-4-3-5-11-25)24-14-16-7-6-8-17(13-16)26-15-18(20)21/h6-8,13,18H,2-5,9-12,14-15H2,1H3,(H2,22,23,24). The van der Waals surface area contributed by atoms with Crippen molar-refractivity contribution in [2.24, 2.45) is 4.99 Å². The Hall–Kier alpha value is -1.89. The van der Waals surface area contributed by atoms with Gasteiger partial charge in [0.15, 0.2) is 5.96 Å². The number of hydrogen-bond acceptors (Lipinski definition) is 3. The second-order valence-electron chi connectivity index (χ2n) is 6.37. The largest absolute Gasteiger partial charge is 0.488 e. The van der Waals surface area contributed by atoms with Crippen molar-refractivity contribution in [3.63, 3.8) is 0 Å². The van der Waals surface area contributed by atoms with E-state index in [0.717, 1.165) is 31.2 Å². The third-order valence-electron chi connectivity index (χ3n) is 4.21. The van der Waals surface area contributed by atoms with E-state index in [4.69, 9.17) is 4.74 Å². The highest BCUT2D eigenvalue weighted by atomic mass is 19.3. The molecule has 26 heavy (non-hydrogen) atoms. The monoisotopic (exact) mass is 368 g/mol. The Morgan fingerprint density at radius 1 is 1.23 bits per heavy atom. The number of benzene rings is 1. The van der Waals surface area contributed by atoms with Crippen LogP contribution in [0.3, 0.4) is 0 Å². The molecule has 2 N–H and O–H groups in total. The first kappa shape index (κ1) is 20.4. The molecule has 0 radical (unpaired) electrons. The fourth-order valence-corrected chi connectivity index (χ4v) is 2.92. The van der Waals surface area contributed by atoms with Gasteiger partial charge in [-0.25, -0.2) is 13.8 Å². The Kier molecular flexibility index (Phi) is 9.17. The fraction of sp³-hybridized carbons (Fsp3) is 0.632. The molecule has 0 unspecified atom stereocenters. The van der Waals surface area contributed by atoms with Crippen LogP contribution in [-0.2, 0) is 6.54 Å². The first-order valence-electron chi connectivity index (χ1n) is 9.42. The van der Waals surface area contributed by atoms with Gasteiger partial charge in [-0.2, -0.15) is 0 Å². The third kappa shape index (κ3) is 7.99. The minimum Gasteiger partial charge on any atom is -0.488 e. The summed E-state index contributed by atoms with van der Waals surface area (Å²) in [6.07, 6.45) is 1.45. The van der Waals surface area contributed by atoms with Crippen LogP contribution in [0.15, 0.2) is 29.3 Å². The van der Waals surface area contributed by atoms with E-state index < -0.39 is 13.0 Å². The molecule has 7 heteroatoms. The predicted octanol–water partition coefficient (Wildman–Crippen LogP) is 2.87. The average Bonchev–Trinajstić information content (AvgIpc) is 2.65. The summed E-state index contributed by atoms with van der Waals surface area (Å²) in [5.74, 6) is 1.21. The van der Waals surface area contributed by atoms with Gasteiger partial charge in [0.05, 0.1) is 6.54 Å². The van der Waals surface area contributed by atoms with Crippen LogP contribution in [0.5, 0.6) is 5.75 Å². The molecule has 1 aliphatic heterocycles. The van der Waals surface area contributed by atoms with E-state index >= 15 is 0 Å². The molecule has 0 bridgehead atoms. The van der Waals surface area contributed by atoms with Gasteiger partial charge in [0, 0.05) is 19.6 Å². The van der Waals surface area contributed by atoms with Gasteiger partial charge in [0.25, 0.3) is 6.43 Å². The smallest absolute Gasteiger partial charge is 0.272 e. The van der Waals surface area contributed by atoms with Crippen molar-refractivity contribution in [1.82, 2.24) is 15.5 Å². The van der Waals surface area contributed by atoms with Crippen LogP contribution in [0.2, 0.25) is 0 Å². The number of likely N-dealkylation sites (tertiary alicyclic amines) is 1. The van der Waals surface area contributed by atoms with E-state index in [-0.39, 0.29) is 0 Å². The Morgan fingerprint density at radius 3 is 2.77 bits per heavy atom. The molecule has 0 amide bonds. The van der Waals surface area contributed by atoms with Crippen molar-refractivity contribution in [2.45, 2.75) is 39.2 Å². The molecule has 1 aromatic rings. The molecule has 0 aromatic heterocycles. The summed E-state index contributed by atoms with van der Waals surface area (Å²) in [4.78, 5) is 7.05. The summed E-state index contributed by atoms with van der Waals surface area (Å²) in [7, 11) is 0. The van der Waals surface area contributed by atoms with E-state index in [1.54, 1.807) is 18.2 Å². The van der Waals surface area contributed by atoms with Crippen LogP contribution in [0, 0.1) is 0 Å². The van der Waals surface area contributed by atoms with Crippen molar-refractivity contribution in [2.75, 3.05) is 39.3 Å². The van der Waals surface area contributed by atoms with Crippen LogP contribution < -0.4 is 15.4 Å². The van der Waals surface area contributed by atoms with Crippen LogP contribution >= 0.6 is 0 Å². The summed E-state index contributed by atoms with van der Waals surface area (Å²) in [5.41, 5.74) is 0.921. The number of piperidine rings is 1. The lowest BCUT2D eigenvalue weighted by molar-refractivity contribution is 0.0818. The second kappa shape index (κ2) is 11.7. The van der Waals surface area contributed by atoms with Gasteiger partial charge < -0.3 is 20.3 Å². The number of alkyl halides is 2. The van der Waals surface area contributed by atoms with Crippen molar-refractivity contribution < 1.29 is 13.5 Å². The summed E-state index contributed by atoms with van der Waals surface area (Å²) in [6, 6.07) is 7.14. The summed E-state index contributed by atoms with van der Waals surface area (Å²) >= 11 is 0. The van der Waals surface area contributed by atoms with Gasteiger partial charge in [0.2, 0.25) is 0 Å². The van der Waals surface area contributed by atoms with Gasteiger partial charge in [-0.3, -0.25) is 0 Å². The maximum Gasteiger partial charge on any atom is 0.272 e. The Balaban J connectivity index is 1.82. The molecular weight excluding hydrogens is 338 g/mol. The zero-order chi connectivity index (χ0) is 18.6. The Morgan fingerprint density at radius 2 is 2.04 bits per heavy atom. The van der Waals surface area contributed by atoms with E-state index in [0.29, 0.717) is 12.3 Å². The molecule has 1 aromatic carbocycles. The molecule has 5 nitrogen and oxygen atoms in total. The van der Waals surface area contributed by atoms with Gasteiger partial charge in [-0.1, -0.05) is 18.6 Å². The van der Waals surface area contributed by atoms with Gasteiger partial charge >= 0.3 is 0 Å². The van der Waals surface area contributed by atoms with Crippen LogP contribution in [0.4, 0.5) is 8.78 Å². The molecule has 0 atom stereocenters. The molecule has 0 aliphatic carbocycles. The minimum absolute atomic E-state index is 0.445. The Bertz CT molecular complexity index is 548. The number of ether oxygens (including phenoxy) is 1. The fourth-order valence-electron chi connectivity index (χ4n) is 2.92. The highest BCUT2D eigenvalue weighted by molar-refractivity contribution is 5.79. The molecule has 1 fully saturated rings. The topological polar surface area (TPSA) is 48.9 Å². The first-order valence-corrected chi connectivity index (χ1v) is 9.42. The van der Waals surface area contributed by atoms with Crippen molar-refractivity contribution in [3.05, 3.63) is 29.8 Å². The van der Waals surface area contributed by atoms with E-state index in [9.17, 15) is 8.78 Å². The predicted molar refractivity (Wildman–Crippen MR) is 101 cm³/mol. The van der Waals surface area contributed by atoms with E-state index in [1.807, 2.05) is 13.0 Å². The summed E-state index contributed by atoms with van der Waals surface area (Å²) < 4.78 is 29.6. The number of rotatable bonds is 9. The molecule has 1 aliphatic rings. The number of hydrogen-bond donors (Lipinski definition) is 2. The van der Waals surface area contributed by atoms with Gasteiger partial charge in [-0.15, -0.1) is 0 Å². The van der Waals surface area contributed by atoms with Crippen LogP contribution in [-0.4, -0.2) is 56.6 Å². The highest BCUT2D eigenvalue weighted by Crippen LogP contribution is 2.15. The number of guanidine groups is 1. The normalized spacial score (nSPS) is 15.9. The number of halogens is 2. The van der Waals surface area contributed by atoms with E-state index in [1.165, 1.54) is 32.4 Å². The minimum atomic E-state index is -2.47. The zero-order valence-electron chi connectivity index (χ0n) is 15.5. The number of aliphatic imine (C=N–C) groups is 1. The molecule has 146 valence electrons. The molecule has 0 spiro atoms. The van der Waals surface area contributed by atoms with Crippen molar-refractivity contribution in [3.8, 4) is 5.75 Å². The van der Waals surface area contributed by atoms with Crippen LogP contribution in [0.25, 0.3) is 0 Å². The van der Waals surface area contributed by atoms with Crippen molar-refractivity contribution >= 4 is 5.96 Å². The molecule has 0 saturated carbocycles. The maximum atomic E-state index is 12.2. The quantitative estimate of drug-likeness (QED) is 0.520. The summed E-state index contributed by atoms with van der Waals surface area (Å²) in [5, 5.41) is 6.59. The third-order valence-corrected chi connectivity index (χ3v) is 4.21. The molecule has 1 heterocycles. The second-order valence-corrected chi connectivity index (χ2v) is 6.37. The lowest BCUT2D eigenvalue weighted by Gasteiger charge is -2.26. The molecular formula is C19H30F2N4O. The van der Waals surface area contributed by atoms with Gasteiger partial charge in [-0.05, 0) is 50.6 Å². The lowest BCUT2D eigenvalue weighted by atomic mass is 10.1. The molecule has 1 saturated heterocycles.